The zero-order chi connectivity index (χ0) is 20.3. The van der Waals surface area contributed by atoms with Crippen molar-refractivity contribution in [1.82, 2.24) is 15.0 Å². The molecule has 0 saturated heterocycles. The van der Waals surface area contributed by atoms with Crippen LogP contribution in [0.2, 0.25) is 0 Å². The van der Waals surface area contributed by atoms with Crippen LogP contribution >= 0.6 is 11.3 Å². The number of rotatable bonds is 5. The maximum atomic E-state index is 12.1. The van der Waals surface area contributed by atoms with Gasteiger partial charge in [-0.15, -0.1) is 0 Å². The van der Waals surface area contributed by atoms with E-state index in [0.717, 1.165) is 33.0 Å². The quantitative estimate of drug-likeness (QED) is 0.411. The van der Waals surface area contributed by atoms with Crippen LogP contribution in [0.15, 0.2) is 89.7 Å². The molecule has 30 heavy (non-hydrogen) atoms. The van der Waals surface area contributed by atoms with Crippen LogP contribution in [0, 0.1) is 0 Å². The number of aromatic nitrogens is 3. The highest BCUT2D eigenvalue weighted by Crippen LogP contribution is 2.26. The molecule has 0 atom stereocenters. The predicted octanol–water partition coefficient (Wildman–Crippen LogP) is 5.33. The minimum Gasteiger partial charge on any atom is -0.357 e. The molecule has 146 valence electrons. The molecule has 0 radical (unpaired) electrons. The van der Waals surface area contributed by atoms with Gasteiger partial charge < -0.3 is 10.3 Å². The van der Waals surface area contributed by atoms with Crippen LogP contribution in [0.3, 0.4) is 0 Å². The number of fused-ring (bicyclic) bond motifs is 1. The first kappa shape index (κ1) is 18.3. The molecule has 5 rings (SSSR count). The van der Waals surface area contributed by atoms with E-state index in [9.17, 15) is 4.79 Å². The lowest BCUT2D eigenvalue weighted by Crippen LogP contribution is -2.11. The van der Waals surface area contributed by atoms with Crippen LogP contribution in [-0.4, -0.2) is 15.0 Å². The summed E-state index contributed by atoms with van der Waals surface area (Å²) in [6.07, 6.45) is 0. The molecule has 2 aromatic heterocycles. The first-order valence-electron chi connectivity index (χ1n) is 9.60. The normalized spacial score (nSPS) is 10.9. The molecule has 0 saturated carbocycles. The molecule has 0 aliphatic rings. The minimum absolute atomic E-state index is 0.354. The Kier molecular flexibility index (Phi) is 4.83. The van der Waals surface area contributed by atoms with Gasteiger partial charge in [-0.2, -0.15) is 4.98 Å². The lowest BCUT2D eigenvalue weighted by Gasteiger charge is -2.07. The highest BCUT2D eigenvalue weighted by molar-refractivity contribution is 7.22. The molecule has 0 aliphatic carbocycles. The monoisotopic (exact) mass is 410 g/mol. The third-order valence-corrected chi connectivity index (χ3v) is 5.81. The maximum absolute atomic E-state index is 12.1. The first-order chi connectivity index (χ1) is 14.7. The molecule has 6 heteroatoms. The molecule has 5 aromatic rings. The van der Waals surface area contributed by atoms with E-state index in [1.807, 2.05) is 78.9 Å². The minimum atomic E-state index is -0.354. The van der Waals surface area contributed by atoms with Crippen LogP contribution in [-0.2, 0) is 6.54 Å². The number of nitrogens with zero attached hydrogens (tertiary/aromatic N) is 2. The molecule has 0 spiro atoms. The van der Waals surface area contributed by atoms with Crippen molar-refractivity contribution in [1.29, 1.82) is 0 Å². The number of anilines is 1. The Morgan fingerprint density at radius 1 is 0.833 bits per heavy atom. The number of hydrogen-bond acceptors (Lipinski definition) is 5. The number of aromatic amines is 1. The fraction of sp³-hybridized carbons (Fsp3) is 0.0417. The van der Waals surface area contributed by atoms with Gasteiger partial charge in [0.25, 0.3) is 0 Å². The molecule has 2 heterocycles. The van der Waals surface area contributed by atoms with Gasteiger partial charge in [0, 0.05) is 12.1 Å². The van der Waals surface area contributed by atoms with Crippen molar-refractivity contribution in [2.75, 3.05) is 5.32 Å². The standard InChI is InChI=1S/C24H18N4OS/c29-23-26-20(17-6-2-1-3-7-17)14-21(27-23)18-12-10-16(11-13-18)15-25-24-28-19-8-4-5-9-22(19)30-24/h1-14H,15H2,(H,25,28)(H,26,27,29). The predicted molar refractivity (Wildman–Crippen MR) is 123 cm³/mol. The fourth-order valence-corrected chi connectivity index (χ4v) is 4.16. The Morgan fingerprint density at radius 2 is 1.60 bits per heavy atom. The maximum Gasteiger partial charge on any atom is 0.345 e. The Morgan fingerprint density at radius 3 is 2.40 bits per heavy atom. The Hall–Kier alpha value is -3.77. The van der Waals surface area contributed by atoms with Crippen molar-refractivity contribution in [3.8, 4) is 22.5 Å². The van der Waals surface area contributed by atoms with Gasteiger partial charge in [0.15, 0.2) is 5.13 Å². The molecule has 2 N–H and O–H groups in total. The number of hydrogen-bond donors (Lipinski definition) is 2. The van der Waals surface area contributed by atoms with Crippen LogP contribution in [0.5, 0.6) is 0 Å². The van der Waals surface area contributed by atoms with Crippen LogP contribution in [0.1, 0.15) is 5.56 Å². The smallest absolute Gasteiger partial charge is 0.345 e. The first-order valence-corrected chi connectivity index (χ1v) is 10.4. The Labute approximate surface area is 177 Å². The molecule has 5 nitrogen and oxygen atoms in total. The largest absolute Gasteiger partial charge is 0.357 e. The van der Waals surface area contributed by atoms with E-state index in [0.29, 0.717) is 12.2 Å². The molecular weight excluding hydrogens is 392 g/mol. The van der Waals surface area contributed by atoms with Crippen LogP contribution in [0.25, 0.3) is 32.7 Å². The van der Waals surface area contributed by atoms with Gasteiger partial charge >= 0.3 is 5.69 Å². The molecule has 0 aliphatic heterocycles. The third kappa shape index (κ3) is 3.86. The van der Waals surface area contributed by atoms with Crippen LogP contribution < -0.4 is 11.0 Å². The second-order valence-electron chi connectivity index (χ2n) is 6.89. The average molecular weight is 411 g/mol. The third-order valence-electron chi connectivity index (χ3n) is 4.82. The molecule has 0 amide bonds. The van der Waals surface area contributed by atoms with Gasteiger partial charge in [-0.05, 0) is 29.3 Å². The van der Waals surface area contributed by atoms with Crippen molar-refractivity contribution in [3.05, 3.63) is 101 Å². The lowest BCUT2D eigenvalue weighted by atomic mass is 10.1. The van der Waals surface area contributed by atoms with E-state index >= 15 is 0 Å². The lowest BCUT2D eigenvalue weighted by molar-refractivity contribution is 1.08. The van der Waals surface area contributed by atoms with Crippen LogP contribution in [0.4, 0.5) is 5.13 Å². The molecule has 3 aromatic carbocycles. The van der Waals surface area contributed by atoms with Crippen molar-refractivity contribution in [2.45, 2.75) is 6.54 Å². The summed E-state index contributed by atoms with van der Waals surface area (Å²) in [5.74, 6) is 0. The molecule has 0 fully saturated rings. The average Bonchev–Trinajstić information content (AvgIpc) is 3.21. The van der Waals surface area contributed by atoms with Gasteiger partial charge in [0.05, 0.1) is 21.6 Å². The summed E-state index contributed by atoms with van der Waals surface area (Å²) in [5, 5.41) is 4.29. The van der Waals surface area contributed by atoms with Gasteiger partial charge in [-0.25, -0.2) is 9.78 Å². The highest BCUT2D eigenvalue weighted by atomic mass is 32.1. The summed E-state index contributed by atoms with van der Waals surface area (Å²) in [6, 6.07) is 27.9. The molecular formula is C24H18N4OS. The Balaban J connectivity index is 1.34. The number of thiazole rings is 1. The summed E-state index contributed by atoms with van der Waals surface area (Å²) in [6.45, 7) is 0.679. The summed E-state index contributed by atoms with van der Waals surface area (Å²) >= 11 is 1.65. The van der Waals surface area contributed by atoms with E-state index in [-0.39, 0.29) is 5.69 Å². The van der Waals surface area contributed by atoms with Crippen molar-refractivity contribution in [2.24, 2.45) is 0 Å². The second-order valence-corrected chi connectivity index (χ2v) is 7.92. The SMILES string of the molecule is O=c1nc(-c2ccc(CNc3nc4ccccc4s3)cc2)cc(-c2ccccc2)[nH]1. The fourth-order valence-electron chi connectivity index (χ4n) is 3.30. The zero-order valence-electron chi connectivity index (χ0n) is 16.0. The van der Waals surface area contributed by atoms with E-state index in [2.05, 4.69) is 26.3 Å². The van der Waals surface area contributed by atoms with E-state index in [1.54, 1.807) is 11.3 Å². The Bertz CT molecular complexity index is 1320. The van der Waals surface area contributed by atoms with E-state index in [4.69, 9.17) is 0 Å². The summed E-state index contributed by atoms with van der Waals surface area (Å²) in [4.78, 5) is 23.6. The van der Waals surface area contributed by atoms with Gasteiger partial charge in [0.2, 0.25) is 0 Å². The van der Waals surface area contributed by atoms with Gasteiger partial charge in [-0.1, -0.05) is 78.1 Å². The number of nitrogens with one attached hydrogen (secondary N) is 2. The number of benzene rings is 3. The summed E-state index contributed by atoms with van der Waals surface area (Å²) < 4.78 is 1.17. The van der Waals surface area contributed by atoms with Crippen molar-refractivity contribution < 1.29 is 0 Å². The van der Waals surface area contributed by atoms with E-state index < -0.39 is 0 Å². The molecule has 0 bridgehead atoms. The number of H-pyrrole nitrogens is 1. The van der Waals surface area contributed by atoms with Gasteiger partial charge in [0.1, 0.15) is 0 Å². The second kappa shape index (κ2) is 7.93. The molecule has 0 unspecified atom stereocenters. The number of para-hydroxylation sites is 1. The summed E-state index contributed by atoms with van der Waals surface area (Å²) in [5.41, 5.74) is 5.06. The van der Waals surface area contributed by atoms with Gasteiger partial charge in [-0.3, -0.25) is 0 Å². The van der Waals surface area contributed by atoms with Crippen molar-refractivity contribution in [3.63, 3.8) is 0 Å². The van der Waals surface area contributed by atoms with E-state index in [1.165, 1.54) is 4.70 Å². The topological polar surface area (TPSA) is 70.7 Å². The summed E-state index contributed by atoms with van der Waals surface area (Å²) in [7, 11) is 0. The highest BCUT2D eigenvalue weighted by Gasteiger charge is 2.07. The zero-order valence-corrected chi connectivity index (χ0v) is 16.8. The van der Waals surface area contributed by atoms with Crippen molar-refractivity contribution >= 4 is 26.7 Å².